The first kappa shape index (κ1) is 10.2. The van der Waals surface area contributed by atoms with Crippen molar-refractivity contribution in [2.45, 2.75) is 0 Å². The Morgan fingerprint density at radius 1 is 0.812 bits per heavy atom. The smallest absolute Gasteiger partial charge is 0.201 e. The van der Waals surface area contributed by atoms with Gasteiger partial charge < -0.3 is 0 Å². The monoisotopic (exact) mass is 336 g/mol. The highest BCUT2D eigenvalue weighted by atomic mass is 79.9. The van der Waals surface area contributed by atoms with E-state index >= 15 is 0 Å². The maximum atomic E-state index is 11.9. The number of benzene rings is 2. The van der Waals surface area contributed by atoms with Crippen LogP contribution in [0.3, 0.4) is 0 Å². The van der Waals surface area contributed by atoms with Crippen molar-refractivity contribution in [1.82, 2.24) is 0 Å². The molecule has 0 amide bonds. The van der Waals surface area contributed by atoms with Crippen LogP contribution in [-0.2, 0) is 0 Å². The molecule has 3 rings (SSSR count). The van der Waals surface area contributed by atoms with Gasteiger partial charge in [-0.05, 0) is 54.8 Å². The number of halogens is 2. The molecule has 0 unspecified atom stereocenters. The van der Waals surface area contributed by atoms with Crippen LogP contribution in [0.15, 0.2) is 40.9 Å². The second-order valence-electron chi connectivity index (χ2n) is 3.70. The lowest BCUT2D eigenvalue weighted by atomic mass is 10.0. The number of hydrogen-bond acceptors (Lipinski definition) is 1. The highest BCUT2D eigenvalue weighted by Gasteiger charge is 2.26. The van der Waals surface area contributed by atoms with E-state index in [1.807, 2.05) is 36.4 Å². The van der Waals surface area contributed by atoms with Gasteiger partial charge in [0.25, 0.3) is 0 Å². The fourth-order valence-corrected chi connectivity index (χ4v) is 2.88. The summed E-state index contributed by atoms with van der Waals surface area (Å²) in [6.07, 6.45) is 0. The molecule has 0 aromatic heterocycles. The average molecular weight is 338 g/mol. The predicted octanol–water partition coefficient (Wildman–Crippen LogP) is 4.49. The largest absolute Gasteiger partial charge is 0.288 e. The number of hydrogen-bond donors (Lipinski definition) is 0. The van der Waals surface area contributed by atoms with Crippen molar-refractivity contribution in [2.24, 2.45) is 0 Å². The molecule has 0 atom stereocenters. The molecule has 16 heavy (non-hydrogen) atoms. The fraction of sp³-hybridized carbons (Fsp3) is 0. The van der Waals surface area contributed by atoms with Gasteiger partial charge in [0, 0.05) is 15.6 Å². The lowest BCUT2D eigenvalue weighted by Crippen LogP contribution is -1.93. The summed E-state index contributed by atoms with van der Waals surface area (Å²) in [5.74, 6) is 0.0487. The van der Waals surface area contributed by atoms with E-state index in [1.54, 1.807) is 0 Å². The molecule has 0 saturated heterocycles. The van der Waals surface area contributed by atoms with Gasteiger partial charge >= 0.3 is 0 Å². The summed E-state index contributed by atoms with van der Waals surface area (Å²) in [7, 11) is 0. The molecule has 0 heterocycles. The number of carbonyl (C=O) groups excluding carboxylic acids is 1. The molecule has 0 fully saturated rings. The highest BCUT2D eigenvalue weighted by Crippen LogP contribution is 2.41. The number of allylic oxidation sites excluding steroid dienone is 1. The van der Waals surface area contributed by atoms with E-state index in [9.17, 15) is 4.79 Å². The molecule has 3 heteroatoms. The summed E-state index contributed by atoms with van der Waals surface area (Å²) in [6.45, 7) is 0. The molecular weight excluding hydrogens is 332 g/mol. The first-order chi connectivity index (χ1) is 7.68. The Balaban J connectivity index is 2.40. The summed E-state index contributed by atoms with van der Waals surface area (Å²) in [5, 5.41) is 2.24. The predicted molar refractivity (Wildman–Crippen MR) is 73.1 cm³/mol. The topological polar surface area (TPSA) is 17.1 Å². The third-order valence-corrected chi connectivity index (χ3v) is 4.87. The lowest BCUT2D eigenvalue weighted by Gasteiger charge is -2.02. The van der Waals surface area contributed by atoms with E-state index < -0.39 is 0 Å². The molecule has 2 aromatic carbocycles. The van der Waals surface area contributed by atoms with Gasteiger partial charge in [0.05, 0.1) is 4.48 Å². The lowest BCUT2D eigenvalue weighted by molar-refractivity contribution is 0.104. The zero-order valence-corrected chi connectivity index (χ0v) is 11.3. The fourth-order valence-electron chi connectivity index (χ4n) is 1.95. The normalized spacial score (nSPS) is 14.8. The molecule has 0 saturated carbocycles. The number of rotatable bonds is 0. The van der Waals surface area contributed by atoms with Crippen LogP contribution in [0, 0.1) is 0 Å². The van der Waals surface area contributed by atoms with Crippen molar-refractivity contribution in [3.05, 3.63) is 52.0 Å². The summed E-state index contributed by atoms with van der Waals surface area (Å²) in [6, 6.07) is 12.0. The summed E-state index contributed by atoms with van der Waals surface area (Å²) in [4.78, 5) is 11.9. The van der Waals surface area contributed by atoms with Crippen LogP contribution in [0.4, 0.5) is 0 Å². The van der Waals surface area contributed by atoms with Gasteiger partial charge in [0.2, 0.25) is 5.78 Å². The molecule has 0 radical (unpaired) electrons. The molecule has 78 valence electrons. The third kappa shape index (κ3) is 1.31. The number of Topliss-reactive ketones (excluding diaryl/α,β-unsaturated/α-hetero) is 1. The summed E-state index contributed by atoms with van der Waals surface area (Å²) in [5.41, 5.74) is 1.73. The molecule has 0 N–H and O–H groups in total. The van der Waals surface area contributed by atoms with Crippen LogP contribution in [0.2, 0.25) is 0 Å². The van der Waals surface area contributed by atoms with Crippen LogP contribution in [0.5, 0.6) is 0 Å². The van der Waals surface area contributed by atoms with E-state index in [0.717, 1.165) is 26.4 Å². The van der Waals surface area contributed by atoms with Gasteiger partial charge in [-0.1, -0.05) is 24.3 Å². The molecule has 0 bridgehead atoms. The maximum Gasteiger partial charge on any atom is 0.201 e. The van der Waals surface area contributed by atoms with E-state index in [4.69, 9.17) is 0 Å². The molecule has 1 aliphatic rings. The van der Waals surface area contributed by atoms with E-state index in [-0.39, 0.29) is 5.78 Å². The summed E-state index contributed by atoms with van der Waals surface area (Å²) < 4.78 is 1.45. The van der Waals surface area contributed by atoms with Crippen molar-refractivity contribution in [1.29, 1.82) is 0 Å². The number of fused-ring (bicyclic) bond motifs is 2. The molecule has 1 aliphatic carbocycles. The third-order valence-electron chi connectivity index (χ3n) is 2.76. The minimum atomic E-state index is 0.0487. The van der Waals surface area contributed by atoms with Crippen molar-refractivity contribution in [3.8, 4) is 0 Å². The Hall–Kier alpha value is -0.930. The number of ketones is 1. The van der Waals surface area contributed by atoms with Gasteiger partial charge in [-0.2, -0.15) is 0 Å². The van der Waals surface area contributed by atoms with Gasteiger partial charge in [-0.25, -0.2) is 0 Å². The Kier molecular flexibility index (Phi) is 2.26. The highest BCUT2D eigenvalue weighted by molar-refractivity contribution is 9.16. The van der Waals surface area contributed by atoms with Crippen molar-refractivity contribution in [3.63, 3.8) is 0 Å². The van der Waals surface area contributed by atoms with Crippen LogP contribution >= 0.6 is 31.9 Å². The minimum Gasteiger partial charge on any atom is -0.288 e. The van der Waals surface area contributed by atoms with Crippen LogP contribution < -0.4 is 0 Å². The Labute approximate surface area is 109 Å². The number of carbonyl (C=O) groups is 1. The van der Waals surface area contributed by atoms with Crippen LogP contribution in [-0.4, -0.2) is 5.78 Å². The second-order valence-corrected chi connectivity index (χ2v) is 5.29. The Morgan fingerprint density at radius 3 is 2.00 bits per heavy atom. The average Bonchev–Trinajstić information content (AvgIpc) is 2.52. The Morgan fingerprint density at radius 2 is 1.38 bits per heavy atom. The second kappa shape index (κ2) is 3.54. The SMILES string of the molecule is O=C1C(Br)=C(Br)c2cc3ccccc3cc21. The molecule has 0 aliphatic heterocycles. The standard InChI is InChI=1S/C13H6Br2O/c14-11-9-5-7-3-1-2-4-8(7)6-10(9)13(16)12(11)15/h1-6H. The van der Waals surface area contributed by atoms with E-state index in [0.29, 0.717) is 4.48 Å². The molecule has 0 spiro atoms. The molecular formula is C13H6Br2O. The maximum absolute atomic E-state index is 11.9. The first-order valence-corrected chi connectivity index (χ1v) is 6.40. The van der Waals surface area contributed by atoms with Crippen LogP contribution in [0.1, 0.15) is 15.9 Å². The minimum absolute atomic E-state index is 0.0487. The molecule has 1 nitrogen and oxygen atoms in total. The summed E-state index contributed by atoms with van der Waals surface area (Å²) >= 11 is 6.75. The van der Waals surface area contributed by atoms with Crippen LogP contribution in [0.25, 0.3) is 15.3 Å². The van der Waals surface area contributed by atoms with E-state index in [2.05, 4.69) is 31.9 Å². The molecule has 2 aromatic rings. The van der Waals surface area contributed by atoms with Gasteiger partial charge in [0.15, 0.2) is 0 Å². The first-order valence-electron chi connectivity index (χ1n) is 4.81. The zero-order valence-electron chi connectivity index (χ0n) is 8.13. The van der Waals surface area contributed by atoms with Crippen molar-refractivity contribution in [2.75, 3.05) is 0 Å². The van der Waals surface area contributed by atoms with Gasteiger partial charge in [-0.15, -0.1) is 0 Å². The van der Waals surface area contributed by atoms with Crippen molar-refractivity contribution >= 4 is 52.9 Å². The quantitative estimate of drug-likeness (QED) is 0.692. The van der Waals surface area contributed by atoms with Gasteiger partial charge in [-0.3, -0.25) is 4.79 Å². The van der Waals surface area contributed by atoms with Crippen molar-refractivity contribution < 1.29 is 4.79 Å². The zero-order chi connectivity index (χ0) is 11.3. The Bertz CT molecular complexity index is 656. The van der Waals surface area contributed by atoms with Gasteiger partial charge in [0.1, 0.15) is 0 Å². The van der Waals surface area contributed by atoms with E-state index in [1.165, 1.54) is 0 Å².